The van der Waals surface area contributed by atoms with Gasteiger partial charge >= 0.3 is 0 Å². The summed E-state index contributed by atoms with van der Waals surface area (Å²) in [7, 11) is -1.97. The van der Waals surface area contributed by atoms with Gasteiger partial charge in [0.2, 0.25) is 0 Å². The van der Waals surface area contributed by atoms with E-state index in [4.69, 9.17) is 0 Å². The van der Waals surface area contributed by atoms with Gasteiger partial charge in [-0.3, -0.25) is 4.31 Å². The number of rotatable bonds is 6. The van der Waals surface area contributed by atoms with Gasteiger partial charge in [0.25, 0.3) is 10.0 Å². The number of nitrogens with zero attached hydrogens (tertiary/aromatic N) is 2. The minimum atomic E-state index is -3.71. The number of aryl methyl sites for hydroxylation is 1. The van der Waals surface area contributed by atoms with Gasteiger partial charge in [0.05, 0.1) is 16.1 Å². The molecular formula is C19H20BrN3O2S. The highest BCUT2D eigenvalue weighted by molar-refractivity contribution is 9.09. The van der Waals surface area contributed by atoms with Gasteiger partial charge in [0.1, 0.15) is 0 Å². The van der Waals surface area contributed by atoms with Gasteiger partial charge in [0.15, 0.2) is 5.82 Å². The number of nitrogens with one attached hydrogen (secondary N) is 1. The first-order valence-corrected chi connectivity index (χ1v) is 10.8. The normalized spacial score (nSPS) is 11.5. The molecule has 0 radical (unpaired) electrons. The van der Waals surface area contributed by atoms with Crippen LogP contribution in [0.1, 0.15) is 5.56 Å². The molecule has 1 N–H and O–H groups in total. The molecule has 2 aromatic carbocycles. The van der Waals surface area contributed by atoms with Crippen LogP contribution in [-0.2, 0) is 10.0 Å². The minimum Gasteiger partial charge on any atom is -0.371 e. The van der Waals surface area contributed by atoms with Gasteiger partial charge in [-0.25, -0.2) is 13.4 Å². The fraction of sp³-hybridized carbons (Fsp3) is 0.211. The van der Waals surface area contributed by atoms with Gasteiger partial charge in [-0.1, -0.05) is 51.8 Å². The molecule has 7 heteroatoms. The van der Waals surface area contributed by atoms with Crippen LogP contribution in [0, 0.1) is 6.92 Å². The zero-order chi connectivity index (χ0) is 18.7. The van der Waals surface area contributed by atoms with E-state index < -0.39 is 10.0 Å². The molecule has 3 rings (SSSR count). The number of hydrogen-bond donors (Lipinski definition) is 1. The third-order valence-corrected chi connectivity index (χ3v) is 6.29. The summed E-state index contributed by atoms with van der Waals surface area (Å²) in [5.74, 6) is 0.528. The molecule has 0 aliphatic heterocycles. The van der Waals surface area contributed by atoms with Crippen molar-refractivity contribution in [1.29, 1.82) is 0 Å². The fourth-order valence-electron chi connectivity index (χ4n) is 2.76. The number of sulfonamides is 1. The average Bonchev–Trinajstić information content (AvgIpc) is 2.65. The second-order valence-electron chi connectivity index (χ2n) is 5.88. The summed E-state index contributed by atoms with van der Waals surface area (Å²) in [6.07, 6.45) is 0. The smallest absolute Gasteiger partial charge is 0.264 e. The van der Waals surface area contributed by atoms with Crippen molar-refractivity contribution in [3.63, 3.8) is 0 Å². The molecule has 1 heterocycles. The topological polar surface area (TPSA) is 62.3 Å². The lowest BCUT2D eigenvalue weighted by molar-refractivity contribution is 0.592. The predicted molar refractivity (Wildman–Crippen MR) is 111 cm³/mol. The van der Waals surface area contributed by atoms with Gasteiger partial charge in [0, 0.05) is 24.3 Å². The number of alkyl halides is 1. The number of aromatic nitrogens is 1. The van der Waals surface area contributed by atoms with Crippen molar-refractivity contribution in [3.05, 3.63) is 60.2 Å². The number of hydrogen-bond acceptors (Lipinski definition) is 4. The Bertz CT molecular complexity index is 1020. The van der Waals surface area contributed by atoms with Crippen LogP contribution in [0.2, 0.25) is 0 Å². The Labute approximate surface area is 162 Å². The van der Waals surface area contributed by atoms with Crippen LogP contribution in [0.15, 0.2) is 59.5 Å². The molecule has 0 aliphatic carbocycles. The van der Waals surface area contributed by atoms with Crippen LogP contribution in [0.3, 0.4) is 0 Å². The van der Waals surface area contributed by atoms with Crippen molar-refractivity contribution in [3.8, 4) is 0 Å². The number of fused-ring (bicyclic) bond motifs is 1. The molecule has 26 heavy (non-hydrogen) atoms. The van der Waals surface area contributed by atoms with E-state index in [9.17, 15) is 8.42 Å². The third-order valence-electron chi connectivity index (χ3n) is 4.11. The van der Waals surface area contributed by atoms with Crippen LogP contribution in [0.5, 0.6) is 0 Å². The third kappa shape index (κ3) is 3.54. The second-order valence-corrected chi connectivity index (χ2v) is 8.53. The van der Waals surface area contributed by atoms with Gasteiger partial charge in [-0.15, -0.1) is 0 Å². The zero-order valence-electron chi connectivity index (χ0n) is 14.6. The number of pyridine rings is 1. The standard InChI is InChI=1S/C19H20BrN3O2S/c1-14-7-9-16(10-8-14)26(24,25)23(12-11-20)18-13-15-5-3-4-6-17(15)22-19(18)21-2/h3-10,13H,11-12H2,1-2H3,(H,21,22). The Hall–Kier alpha value is -2.12. The van der Waals surface area contributed by atoms with E-state index in [1.165, 1.54) is 4.31 Å². The molecule has 0 saturated heterocycles. The Balaban J connectivity index is 2.18. The summed E-state index contributed by atoms with van der Waals surface area (Å²) in [6.45, 7) is 2.23. The average molecular weight is 434 g/mol. The highest BCUT2D eigenvalue weighted by atomic mass is 79.9. The first kappa shape index (κ1) is 18.7. The molecule has 136 valence electrons. The SMILES string of the molecule is CNc1nc2ccccc2cc1N(CCBr)S(=O)(=O)c1ccc(C)cc1. The van der Waals surface area contributed by atoms with Crippen molar-refractivity contribution < 1.29 is 8.42 Å². The zero-order valence-corrected chi connectivity index (χ0v) is 17.0. The number of anilines is 2. The van der Waals surface area contributed by atoms with Crippen molar-refractivity contribution in [2.45, 2.75) is 11.8 Å². The summed E-state index contributed by atoms with van der Waals surface area (Å²) >= 11 is 3.37. The van der Waals surface area contributed by atoms with Gasteiger partial charge in [-0.05, 0) is 31.2 Å². The predicted octanol–water partition coefficient (Wildman–Crippen LogP) is 4.18. The van der Waals surface area contributed by atoms with E-state index in [-0.39, 0.29) is 4.90 Å². The Morgan fingerprint density at radius 3 is 2.46 bits per heavy atom. The maximum absolute atomic E-state index is 13.3. The molecule has 0 fully saturated rings. The van der Waals surface area contributed by atoms with E-state index in [2.05, 4.69) is 26.2 Å². The maximum Gasteiger partial charge on any atom is 0.264 e. The highest BCUT2D eigenvalue weighted by Gasteiger charge is 2.27. The molecule has 3 aromatic rings. The summed E-state index contributed by atoms with van der Waals surface area (Å²) in [5.41, 5.74) is 2.36. The van der Waals surface area contributed by atoms with Crippen LogP contribution < -0.4 is 9.62 Å². The van der Waals surface area contributed by atoms with Gasteiger partial charge < -0.3 is 5.32 Å². The summed E-state index contributed by atoms with van der Waals surface area (Å²) in [6, 6.07) is 16.4. The molecule has 0 saturated carbocycles. The molecule has 1 aromatic heterocycles. The lowest BCUT2D eigenvalue weighted by Gasteiger charge is -2.26. The summed E-state index contributed by atoms with van der Waals surface area (Å²) in [4.78, 5) is 4.85. The molecular weight excluding hydrogens is 414 g/mol. The molecule has 0 amide bonds. The quantitative estimate of drug-likeness (QED) is 0.592. The maximum atomic E-state index is 13.3. The number of para-hydroxylation sites is 1. The van der Waals surface area contributed by atoms with E-state index in [1.54, 1.807) is 31.3 Å². The Morgan fingerprint density at radius 2 is 1.81 bits per heavy atom. The summed E-state index contributed by atoms with van der Waals surface area (Å²) in [5, 5.41) is 4.42. The lowest BCUT2D eigenvalue weighted by atomic mass is 10.2. The molecule has 0 spiro atoms. The first-order chi connectivity index (χ1) is 12.5. The second kappa shape index (κ2) is 7.63. The van der Waals surface area contributed by atoms with Crippen LogP contribution in [0.25, 0.3) is 10.9 Å². The lowest BCUT2D eigenvalue weighted by Crippen LogP contribution is -2.33. The number of benzene rings is 2. The van der Waals surface area contributed by atoms with Crippen molar-refractivity contribution in [2.75, 3.05) is 28.5 Å². The monoisotopic (exact) mass is 433 g/mol. The van der Waals surface area contributed by atoms with Gasteiger partial charge in [-0.2, -0.15) is 0 Å². The van der Waals surface area contributed by atoms with E-state index in [0.29, 0.717) is 23.4 Å². The van der Waals surface area contributed by atoms with Crippen molar-refractivity contribution in [2.24, 2.45) is 0 Å². The highest BCUT2D eigenvalue weighted by Crippen LogP contribution is 2.32. The largest absolute Gasteiger partial charge is 0.371 e. The van der Waals surface area contributed by atoms with E-state index in [1.807, 2.05) is 37.3 Å². The number of halogens is 1. The molecule has 0 bridgehead atoms. The van der Waals surface area contributed by atoms with Crippen molar-refractivity contribution >= 4 is 48.4 Å². The van der Waals surface area contributed by atoms with Crippen molar-refractivity contribution in [1.82, 2.24) is 4.98 Å². The van der Waals surface area contributed by atoms with Crippen LogP contribution >= 0.6 is 15.9 Å². The molecule has 5 nitrogen and oxygen atoms in total. The first-order valence-electron chi connectivity index (χ1n) is 8.20. The summed E-state index contributed by atoms with van der Waals surface area (Å²) < 4.78 is 28.0. The van der Waals surface area contributed by atoms with E-state index >= 15 is 0 Å². The minimum absolute atomic E-state index is 0.263. The molecule has 0 unspecified atom stereocenters. The molecule has 0 aliphatic rings. The molecule has 0 atom stereocenters. The van der Waals surface area contributed by atoms with E-state index in [0.717, 1.165) is 16.5 Å². The Kier molecular flexibility index (Phi) is 5.48. The Morgan fingerprint density at radius 1 is 1.12 bits per heavy atom. The fourth-order valence-corrected chi connectivity index (χ4v) is 4.82. The van der Waals surface area contributed by atoms with Crippen LogP contribution in [0.4, 0.5) is 11.5 Å². The van der Waals surface area contributed by atoms with Crippen LogP contribution in [-0.4, -0.2) is 32.3 Å².